The number of nitrogens with one attached hydrogen (secondary N) is 1. The molecule has 1 aromatic heterocycles. The Morgan fingerprint density at radius 1 is 1.56 bits per heavy atom. The van der Waals surface area contributed by atoms with Crippen molar-refractivity contribution in [2.75, 3.05) is 13.2 Å². The molecule has 6 nitrogen and oxygen atoms in total. The second-order valence-corrected chi connectivity index (χ2v) is 4.46. The van der Waals surface area contributed by atoms with Crippen LogP contribution in [0.2, 0.25) is 5.15 Å². The van der Waals surface area contributed by atoms with Crippen molar-refractivity contribution in [2.45, 2.75) is 25.4 Å². The van der Waals surface area contributed by atoms with E-state index in [0.29, 0.717) is 13.2 Å². The minimum atomic E-state index is -0.457. The molecule has 0 unspecified atom stereocenters. The van der Waals surface area contributed by atoms with E-state index in [2.05, 4.69) is 10.3 Å². The topological polar surface area (TPSA) is 73.2 Å². The molecule has 0 aromatic carbocycles. The minimum Gasteiger partial charge on any atom is -0.381 e. The summed E-state index contributed by atoms with van der Waals surface area (Å²) in [6.07, 6.45) is 4.44. The molecule has 98 valence electrons. The predicted molar refractivity (Wildman–Crippen MR) is 65.5 cm³/mol. The average molecular weight is 272 g/mol. The molecule has 0 spiro atoms. The molecule has 0 saturated carbocycles. The normalized spacial score (nSPS) is 16.5. The minimum absolute atomic E-state index is 0.0432. The van der Waals surface area contributed by atoms with E-state index in [1.54, 1.807) is 0 Å². The summed E-state index contributed by atoms with van der Waals surface area (Å²) in [6, 6.07) is 0.124. The monoisotopic (exact) mass is 271 g/mol. The standard InChI is InChI=1S/C11H14ClN3O3/c12-10-11(17)15(4-3-13-10)7-9(16)14-8-1-5-18-6-2-8/h3-4,8H,1-2,5-7H2,(H,14,16). The summed E-state index contributed by atoms with van der Waals surface area (Å²) in [7, 11) is 0. The summed E-state index contributed by atoms with van der Waals surface area (Å²) >= 11 is 5.60. The van der Waals surface area contributed by atoms with Gasteiger partial charge in [-0.15, -0.1) is 0 Å². The highest BCUT2D eigenvalue weighted by Gasteiger charge is 2.16. The van der Waals surface area contributed by atoms with Crippen molar-refractivity contribution in [3.63, 3.8) is 0 Å². The summed E-state index contributed by atoms with van der Waals surface area (Å²) in [5.74, 6) is -0.203. The van der Waals surface area contributed by atoms with E-state index >= 15 is 0 Å². The number of aromatic nitrogens is 2. The van der Waals surface area contributed by atoms with Crippen LogP contribution in [0.25, 0.3) is 0 Å². The molecule has 1 fully saturated rings. The van der Waals surface area contributed by atoms with Crippen molar-refractivity contribution in [2.24, 2.45) is 0 Å². The Morgan fingerprint density at radius 2 is 2.28 bits per heavy atom. The fourth-order valence-corrected chi connectivity index (χ4v) is 1.98. The Kier molecular flexibility index (Phi) is 4.33. The largest absolute Gasteiger partial charge is 0.381 e. The second kappa shape index (κ2) is 5.97. The molecule has 1 aliphatic rings. The maximum atomic E-state index is 11.8. The quantitative estimate of drug-likeness (QED) is 0.852. The van der Waals surface area contributed by atoms with Gasteiger partial charge in [0, 0.05) is 31.6 Å². The first kappa shape index (κ1) is 13.0. The molecule has 2 heterocycles. The van der Waals surface area contributed by atoms with Gasteiger partial charge in [-0.05, 0) is 12.8 Å². The van der Waals surface area contributed by atoms with E-state index in [9.17, 15) is 9.59 Å². The third kappa shape index (κ3) is 3.30. The molecule has 18 heavy (non-hydrogen) atoms. The number of hydrogen-bond donors (Lipinski definition) is 1. The molecule has 0 atom stereocenters. The molecule has 1 aromatic rings. The van der Waals surface area contributed by atoms with Crippen LogP contribution in [-0.2, 0) is 16.1 Å². The van der Waals surface area contributed by atoms with E-state index in [1.165, 1.54) is 17.0 Å². The molecular weight excluding hydrogens is 258 g/mol. The Morgan fingerprint density at radius 3 is 3.00 bits per heavy atom. The van der Waals surface area contributed by atoms with Crippen molar-refractivity contribution < 1.29 is 9.53 Å². The summed E-state index contributed by atoms with van der Waals surface area (Å²) in [4.78, 5) is 27.0. The number of nitrogens with zero attached hydrogens (tertiary/aromatic N) is 2. The van der Waals surface area contributed by atoms with Gasteiger partial charge in [0.05, 0.1) is 0 Å². The lowest BCUT2D eigenvalue weighted by Crippen LogP contribution is -2.41. The van der Waals surface area contributed by atoms with Crippen molar-refractivity contribution in [3.8, 4) is 0 Å². The SMILES string of the molecule is O=C(Cn1ccnc(Cl)c1=O)NC1CCOCC1. The van der Waals surface area contributed by atoms with Crippen molar-refractivity contribution in [3.05, 3.63) is 27.9 Å². The Labute approximate surface area is 109 Å². The summed E-state index contributed by atoms with van der Waals surface area (Å²) in [5, 5.41) is 2.74. The fraction of sp³-hybridized carbons (Fsp3) is 0.545. The van der Waals surface area contributed by atoms with Crippen molar-refractivity contribution in [1.82, 2.24) is 14.9 Å². The highest BCUT2D eigenvalue weighted by molar-refractivity contribution is 6.29. The van der Waals surface area contributed by atoms with E-state index in [0.717, 1.165) is 12.8 Å². The number of carbonyl (C=O) groups excluding carboxylic acids is 1. The molecule has 1 aliphatic heterocycles. The van der Waals surface area contributed by atoms with Gasteiger partial charge in [-0.3, -0.25) is 9.59 Å². The van der Waals surface area contributed by atoms with Crippen LogP contribution >= 0.6 is 11.6 Å². The van der Waals surface area contributed by atoms with Crippen molar-refractivity contribution in [1.29, 1.82) is 0 Å². The first-order valence-electron chi connectivity index (χ1n) is 5.75. The summed E-state index contributed by atoms with van der Waals surface area (Å²) < 4.78 is 6.44. The van der Waals surface area contributed by atoms with Crippen molar-refractivity contribution >= 4 is 17.5 Å². The molecular formula is C11H14ClN3O3. The molecule has 1 amide bonds. The predicted octanol–water partition coefficient (Wildman–Crippen LogP) is 0.192. The molecule has 0 aliphatic carbocycles. The molecule has 7 heteroatoms. The first-order valence-corrected chi connectivity index (χ1v) is 6.12. The van der Waals surface area contributed by atoms with Gasteiger partial charge in [0.25, 0.3) is 5.56 Å². The number of ether oxygens (including phenoxy) is 1. The second-order valence-electron chi connectivity index (χ2n) is 4.11. The van der Waals surface area contributed by atoms with Gasteiger partial charge < -0.3 is 14.6 Å². The van der Waals surface area contributed by atoms with E-state index in [-0.39, 0.29) is 23.6 Å². The van der Waals surface area contributed by atoms with Gasteiger partial charge in [-0.2, -0.15) is 0 Å². The molecule has 2 rings (SSSR count). The number of amides is 1. The third-order valence-electron chi connectivity index (χ3n) is 2.77. The van der Waals surface area contributed by atoms with Crippen LogP contribution < -0.4 is 10.9 Å². The van der Waals surface area contributed by atoms with E-state index in [1.807, 2.05) is 0 Å². The van der Waals surface area contributed by atoms with Crippen LogP contribution in [0.1, 0.15) is 12.8 Å². The zero-order valence-electron chi connectivity index (χ0n) is 9.76. The average Bonchev–Trinajstić information content (AvgIpc) is 2.36. The fourth-order valence-electron chi connectivity index (χ4n) is 1.82. The first-order chi connectivity index (χ1) is 8.66. The number of hydrogen-bond acceptors (Lipinski definition) is 4. The van der Waals surface area contributed by atoms with Gasteiger partial charge >= 0.3 is 0 Å². The van der Waals surface area contributed by atoms with Crippen LogP contribution in [-0.4, -0.2) is 34.7 Å². The van der Waals surface area contributed by atoms with E-state index in [4.69, 9.17) is 16.3 Å². The van der Waals surface area contributed by atoms with Gasteiger partial charge in [-0.25, -0.2) is 4.98 Å². The zero-order valence-corrected chi connectivity index (χ0v) is 10.5. The highest BCUT2D eigenvalue weighted by atomic mass is 35.5. The number of carbonyl (C=O) groups is 1. The van der Waals surface area contributed by atoms with Gasteiger partial charge in [0.2, 0.25) is 5.91 Å². The molecule has 0 radical (unpaired) electrons. The zero-order chi connectivity index (χ0) is 13.0. The molecule has 0 bridgehead atoms. The van der Waals surface area contributed by atoms with Crippen LogP contribution in [0.5, 0.6) is 0 Å². The van der Waals surface area contributed by atoms with Gasteiger partial charge in [0.15, 0.2) is 5.15 Å². The third-order valence-corrected chi connectivity index (χ3v) is 3.03. The summed E-state index contributed by atoms with van der Waals surface area (Å²) in [5.41, 5.74) is -0.457. The number of rotatable bonds is 3. The Bertz CT molecular complexity index is 483. The van der Waals surface area contributed by atoms with Crippen LogP contribution in [0.4, 0.5) is 0 Å². The maximum Gasteiger partial charge on any atom is 0.288 e. The molecule has 1 saturated heterocycles. The number of halogens is 1. The lowest BCUT2D eigenvalue weighted by atomic mass is 10.1. The van der Waals surface area contributed by atoms with Crippen LogP contribution in [0, 0.1) is 0 Å². The van der Waals surface area contributed by atoms with E-state index < -0.39 is 5.56 Å². The van der Waals surface area contributed by atoms with Gasteiger partial charge in [-0.1, -0.05) is 11.6 Å². The van der Waals surface area contributed by atoms with Gasteiger partial charge in [0.1, 0.15) is 6.54 Å². The van der Waals surface area contributed by atoms with Crippen LogP contribution in [0.15, 0.2) is 17.2 Å². The smallest absolute Gasteiger partial charge is 0.288 e. The maximum absolute atomic E-state index is 11.8. The lowest BCUT2D eigenvalue weighted by molar-refractivity contribution is -0.123. The molecule has 1 N–H and O–H groups in total. The Hall–Kier alpha value is -1.40. The Balaban J connectivity index is 1.94. The lowest BCUT2D eigenvalue weighted by Gasteiger charge is -2.23. The summed E-state index contributed by atoms with van der Waals surface area (Å²) in [6.45, 7) is 1.27. The van der Waals surface area contributed by atoms with Crippen LogP contribution in [0.3, 0.4) is 0 Å². The highest BCUT2D eigenvalue weighted by Crippen LogP contribution is 2.05.